The highest BCUT2D eigenvalue weighted by molar-refractivity contribution is 8.01. The number of ether oxygens (including phenoxy) is 1. The standard InChI is InChI=1S/C8H14O2S/c1-5-6(9)10-7(11-5)8(2,3)4/h5,7H,1-4H3/t5-,7?/m0/s1. The largest absolute Gasteiger partial charge is 0.450 e. The minimum Gasteiger partial charge on any atom is -0.450 e. The second-order valence-corrected chi connectivity index (χ2v) is 5.32. The van der Waals surface area contributed by atoms with Crippen LogP contribution in [0.25, 0.3) is 0 Å². The molecule has 11 heavy (non-hydrogen) atoms. The molecule has 0 amide bonds. The van der Waals surface area contributed by atoms with Crippen molar-refractivity contribution in [2.75, 3.05) is 0 Å². The van der Waals surface area contributed by atoms with Crippen molar-refractivity contribution >= 4 is 17.7 Å². The molecule has 0 N–H and O–H groups in total. The Morgan fingerprint density at radius 2 is 2.00 bits per heavy atom. The van der Waals surface area contributed by atoms with Gasteiger partial charge >= 0.3 is 5.97 Å². The second-order valence-electron chi connectivity index (χ2n) is 3.91. The van der Waals surface area contributed by atoms with Crippen LogP contribution in [0.15, 0.2) is 0 Å². The van der Waals surface area contributed by atoms with E-state index in [2.05, 4.69) is 20.8 Å². The molecule has 0 aromatic heterocycles. The van der Waals surface area contributed by atoms with Gasteiger partial charge in [-0.25, -0.2) is 0 Å². The molecule has 0 aromatic rings. The summed E-state index contributed by atoms with van der Waals surface area (Å²) in [7, 11) is 0. The molecular weight excluding hydrogens is 160 g/mol. The van der Waals surface area contributed by atoms with Gasteiger partial charge in [-0.05, 0) is 6.92 Å². The molecule has 2 nitrogen and oxygen atoms in total. The van der Waals surface area contributed by atoms with Gasteiger partial charge in [-0.1, -0.05) is 20.8 Å². The Balaban J connectivity index is 2.61. The van der Waals surface area contributed by atoms with Crippen molar-refractivity contribution in [2.24, 2.45) is 5.41 Å². The topological polar surface area (TPSA) is 26.3 Å². The molecule has 0 spiro atoms. The number of carbonyl (C=O) groups excluding carboxylic acids is 1. The van der Waals surface area contributed by atoms with E-state index >= 15 is 0 Å². The minimum absolute atomic E-state index is 0.0132. The fourth-order valence-corrected chi connectivity index (χ4v) is 1.95. The van der Waals surface area contributed by atoms with E-state index in [1.165, 1.54) is 0 Å². The molecule has 1 rings (SSSR count). The molecule has 0 aliphatic carbocycles. The maximum atomic E-state index is 11.0. The van der Waals surface area contributed by atoms with E-state index < -0.39 is 0 Å². The van der Waals surface area contributed by atoms with Crippen LogP contribution in [0.4, 0.5) is 0 Å². The first kappa shape index (κ1) is 8.91. The fraction of sp³-hybridized carbons (Fsp3) is 0.875. The summed E-state index contributed by atoms with van der Waals surface area (Å²) in [6, 6.07) is 0. The monoisotopic (exact) mass is 174 g/mol. The summed E-state index contributed by atoms with van der Waals surface area (Å²) in [6.45, 7) is 8.13. The van der Waals surface area contributed by atoms with E-state index in [9.17, 15) is 4.79 Å². The maximum Gasteiger partial charge on any atom is 0.320 e. The van der Waals surface area contributed by atoms with Crippen molar-refractivity contribution < 1.29 is 9.53 Å². The molecule has 1 fully saturated rings. The maximum absolute atomic E-state index is 11.0. The first-order valence-corrected chi connectivity index (χ1v) is 4.71. The molecule has 1 aliphatic rings. The summed E-state index contributed by atoms with van der Waals surface area (Å²) >= 11 is 1.61. The highest BCUT2D eigenvalue weighted by Gasteiger charge is 2.38. The van der Waals surface area contributed by atoms with Crippen LogP contribution in [0.1, 0.15) is 27.7 Å². The predicted molar refractivity (Wildman–Crippen MR) is 46.4 cm³/mol. The molecule has 0 aromatic carbocycles. The average molecular weight is 174 g/mol. The second kappa shape index (κ2) is 2.70. The summed E-state index contributed by atoms with van der Waals surface area (Å²) < 4.78 is 5.16. The first-order valence-electron chi connectivity index (χ1n) is 3.77. The van der Waals surface area contributed by atoms with Crippen LogP contribution in [-0.2, 0) is 9.53 Å². The Hall–Kier alpha value is -0.180. The third kappa shape index (κ3) is 1.89. The van der Waals surface area contributed by atoms with E-state index in [1.54, 1.807) is 11.8 Å². The lowest BCUT2D eigenvalue weighted by Crippen LogP contribution is -2.23. The quantitative estimate of drug-likeness (QED) is 0.526. The Morgan fingerprint density at radius 3 is 2.18 bits per heavy atom. The van der Waals surface area contributed by atoms with Crippen molar-refractivity contribution in [3.63, 3.8) is 0 Å². The average Bonchev–Trinajstić information content (AvgIpc) is 2.11. The zero-order valence-electron chi connectivity index (χ0n) is 7.38. The van der Waals surface area contributed by atoms with Crippen LogP contribution in [-0.4, -0.2) is 16.7 Å². The Kier molecular flexibility index (Phi) is 2.19. The summed E-state index contributed by atoms with van der Waals surface area (Å²) in [5.74, 6) is -0.0741. The zero-order valence-corrected chi connectivity index (χ0v) is 8.20. The van der Waals surface area contributed by atoms with E-state index in [4.69, 9.17) is 4.74 Å². The minimum atomic E-state index is -0.0741. The lowest BCUT2D eigenvalue weighted by molar-refractivity contribution is -0.144. The van der Waals surface area contributed by atoms with Gasteiger partial charge in [-0.15, -0.1) is 11.8 Å². The molecule has 1 unspecified atom stereocenters. The lowest BCUT2D eigenvalue weighted by atomic mass is 9.98. The third-order valence-electron chi connectivity index (χ3n) is 1.59. The number of thioether (sulfide) groups is 1. The van der Waals surface area contributed by atoms with Crippen molar-refractivity contribution in [3.05, 3.63) is 0 Å². The summed E-state index contributed by atoms with van der Waals surface area (Å²) in [5, 5.41) is 0.0132. The number of cyclic esters (lactones) is 1. The van der Waals surface area contributed by atoms with Crippen LogP contribution in [0.5, 0.6) is 0 Å². The Morgan fingerprint density at radius 1 is 1.45 bits per heavy atom. The molecule has 3 heteroatoms. The van der Waals surface area contributed by atoms with E-state index in [0.717, 1.165) is 0 Å². The molecule has 1 saturated heterocycles. The lowest BCUT2D eigenvalue weighted by Gasteiger charge is -2.23. The van der Waals surface area contributed by atoms with Crippen LogP contribution < -0.4 is 0 Å². The SMILES string of the molecule is C[C@@H]1SC(C(C)(C)C)OC1=O. The van der Waals surface area contributed by atoms with Crippen LogP contribution in [0.2, 0.25) is 0 Å². The highest BCUT2D eigenvalue weighted by atomic mass is 32.2. The van der Waals surface area contributed by atoms with Crippen LogP contribution >= 0.6 is 11.8 Å². The molecule has 2 atom stereocenters. The summed E-state index contributed by atoms with van der Waals surface area (Å²) in [6.07, 6.45) is 0. The number of hydrogen-bond donors (Lipinski definition) is 0. The smallest absolute Gasteiger partial charge is 0.320 e. The Bertz CT molecular complexity index is 171. The van der Waals surface area contributed by atoms with Gasteiger partial charge in [0.2, 0.25) is 0 Å². The van der Waals surface area contributed by atoms with Gasteiger partial charge in [-0.2, -0.15) is 0 Å². The predicted octanol–water partition coefficient (Wildman–Crippen LogP) is 2.04. The normalized spacial score (nSPS) is 32.2. The van der Waals surface area contributed by atoms with E-state index in [-0.39, 0.29) is 22.1 Å². The van der Waals surface area contributed by atoms with Crippen molar-refractivity contribution in [1.82, 2.24) is 0 Å². The van der Waals surface area contributed by atoms with Gasteiger partial charge in [0.1, 0.15) is 5.25 Å². The van der Waals surface area contributed by atoms with E-state index in [0.29, 0.717) is 0 Å². The van der Waals surface area contributed by atoms with Crippen molar-refractivity contribution in [2.45, 2.75) is 38.4 Å². The van der Waals surface area contributed by atoms with Gasteiger partial charge < -0.3 is 4.74 Å². The molecule has 0 saturated carbocycles. The molecular formula is C8H14O2S. The van der Waals surface area contributed by atoms with Crippen LogP contribution in [0.3, 0.4) is 0 Å². The summed E-state index contributed by atoms with van der Waals surface area (Å²) in [5.41, 5.74) is 0.0930. The van der Waals surface area contributed by atoms with Gasteiger partial charge in [0.05, 0.1) is 0 Å². The van der Waals surface area contributed by atoms with Gasteiger partial charge in [0.25, 0.3) is 0 Å². The molecule has 0 bridgehead atoms. The van der Waals surface area contributed by atoms with Crippen molar-refractivity contribution in [3.8, 4) is 0 Å². The summed E-state index contributed by atoms with van der Waals surface area (Å²) in [4.78, 5) is 11.0. The highest BCUT2D eigenvalue weighted by Crippen LogP contribution is 2.39. The van der Waals surface area contributed by atoms with Crippen molar-refractivity contribution in [1.29, 1.82) is 0 Å². The number of hydrogen-bond acceptors (Lipinski definition) is 3. The van der Waals surface area contributed by atoms with Gasteiger partial charge in [-0.3, -0.25) is 4.79 Å². The molecule has 1 heterocycles. The molecule has 0 radical (unpaired) electrons. The first-order chi connectivity index (χ1) is 4.91. The number of rotatable bonds is 0. The van der Waals surface area contributed by atoms with Crippen LogP contribution in [0, 0.1) is 5.41 Å². The van der Waals surface area contributed by atoms with Gasteiger partial charge in [0.15, 0.2) is 5.44 Å². The van der Waals surface area contributed by atoms with Gasteiger partial charge in [0, 0.05) is 5.41 Å². The Labute approximate surface area is 71.7 Å². The third-order valence-corrected chi connectivity index (χ3v) is 3.24. The molecule has 1 aliphatic heterocycles. The number of esters is 1. The number of carbonyl (C=O) groups is 1. The zero-order chi connectivity index (χ0) is 8.65. The van der Waals surface area contributed by atoms with E-state index in [1.807, 2.05) is 6.92 Å². The molecule has 64 valence electrons. The fourth-order valence-electron chi connectivity index (χ4n) is 0.851.